The molecule has 0 spiro atoms. The SMILES string of the molecule is CCO[SiH](N)c1ccccc1. The van der Waals surface area contributed by atoms with Crippen LogP contribution in [0.3, 0.4) is 0 Å². The molecule has 0 saturated heterocycles. The smallest absolute Gasteiger partial charge is 0.282 e. The number of benzene rings is 1. The Morgan fingerprint density at radius 1 is 1.36 bits per heavy atom. The highest BCUT2D eigenvalue weighted by Gasteiger charge is 2.05. The van der Waals surface area contributed by atoms with Crippen LogP contribution in [-0.2, 0) is 4.43 Å². The molecular weight excluding hydrogens is 154 g/mol. The van der Waals surface area contributed by atoms with Crippen molar-refractivity contribution in [2.24, 2.45) is 5.40 Å². The monoisotopic (exact) mass is 167 g/mol. The molecule has 2 N–H and O–H groups in total. The van der Waals surface area contributed by atoms with E-state index in [0.717, 1.165) is 5.19 Å². The first-order valence-electron chi connectivity index (χ1n) is 3.76. The molecule has 0 amide bonds. The van der Waals surface area contributed by atoms with Crippen molar-refractivity contribution in [3.63, 3.8) is 0 Å². The van der Waals surface area contributed by atoms with E-state index in [1.807, 2.05) is 37.3 Å². The lowest BCUT2D eigenvalue weighted by Crippen LogP contribution is -2.42. The van der Waals surface area contributed by atoms with Gasteiger partial charge in [-0.05, 0) is 12.1 Å². The maximum Gasteiger partial charge on any atom is 0.282 e. The summed E-state index contributed by atoms with van der Waals surface area (Å²) in [6, 6.07) is 10.00. The third-order valence-electron chi connectivity index (χ3n) is 1.47. The highest BCUT2D eigenvalue weighted by atomic mass is 28.3. The maximum absolute atomic E-state index is 5.82. The second-order valence-corrected chi connectivity index (χ2v) is 4.13. The zero-order valence-corrected chi connectivity index (χ0v) is 7.81. The molecule has 3 heteroatoms. The molecule has 1 rings (SSSR count). The molecule has 1 aromatic carbocycles. The van der Waals surface area contributed by atoms with Crippen LogP contribution in [0.15, 0.2) is 30.3 Å². The lowest BCUT2D eigenvalue weighted by Gasteiger charge is -2.08. The summed E-state index contributed by atoms with van der Waals surface area (Å²) in [5.74, 6) is 0. The van der Waals surface area contributed by atoms with E-state index in [4.69, 9.17) is 9.83 Å². The number of rotatable bonds is 3. The first-order chi connectivity index (χ1) is 5.34. The van der Waals surface area contributed by atoms with Crippen molar-refractivity contribution in [1.82, 2.24) is 0 Å². The predicted molar refractivity (Wildman–Crippen MR) is 49.0 cm³/mol. The summed E-state index contributed by atoms with van der Waals surface area (Å²) in [5, 5.41) is 6.98. The second-order valence-electron chi connectivity index (χ2n) is 2.29. The molecule has 0 aliphatic rings. The van der Waals surface area contributed by atoms with E-state index in [2.05, 4.69) is 0 Å². The molecule has 0 aliphatic heterocycles. The summed E-state index contributed by atoms with van der Waals surface area (Å²) in [6.07, 6.45) is 0. The third-order valence-corrected chi connectivity index (χ3v) is 3.21. The Kier molecular flexibility index (Phi) is 3.29. The van der Waals surface area contributed by atoms with E-state index in [0.29, 0.717) is 6.61 Å². The topological polar surface area (TPSA) is 35.2 Å². The molecule has 0 fully saturated rings. The van der Waals surface area contributed by atoms with Gasteiger partial charge in [0, 0.05) is 6.61 Å². The van der Waals surface area contributed by atoms with Gasteiger partial charge in [-0.15, -0.1) is 0 Å². The summed E-state index contributed by atoms with van der Waals surface area (Å²) < 4.78 is 5.34. The Labute approximate surface area is 68.8 Å². The fourth-order valence-corrected chi connectivity index (χ4v) is 2.07. The van der Waals surface area contributed by atoms with E-state index in [1.54, 1.807) is 0 Å². The van der Waals surface area contributed by atoms with Gasteiger partial charge in [0.05, 0.1) is 0 Å². The van der Waals surface area contributed by atoms with Gasteiger partial charge in [0.15, 0.2) is 0 Å². The van der Waals surface area contributed by atoms with Crippen molar-refractivity contribution in [1.29, 1.82) is 0 Å². The van der Waals surface area contributed by atoms with E-state index in [1.165, 1.54) is 0 Å². The zero-order valence-electron chi connectivity index (χ0n) is 6.66. The number of hydrogen-bond donors (Lipinski definition) is 1. The van der Waals surface area contributed by atoms with Crippen LogP contribution in [0.25, 0.3) is 0 Å². The van der Waals surface area contributed by atoms with Crippen molar-refractivity contribution >= 4 is 14.4 Å². The van der Waals surface area contributed by atoms with Gasteiger partial charge in [-0.2, -0.15) is 0 Å². The molecule has 0 heterocycles. The highest BCUT2D eigenvalue weighted by molar-refractivity contribution is 6.64. The summed E-state index contributed by atoms with van der Waals surface area (Å²) in [7, 11) is -1.56. The first-order valence-corrected chi connectivity index (χ1v) is 5.48. The van der Waals surface area contributed by atoms with Crippen LogP contribution >= 0.6 is 0 Å². The van der Waals surface area contributed by atoms with Crippen LogP contribution < -0.4 is 10.6 Å². The summed E-state index contributed by atoms with van der Waals surface area (Å²) in [5.41, 5.74) is 0. The van der Waals surface area contributed by atoms with Crippen molar-refractivity contribution in [2.45, 2.75) is 6.92 Å². The Morgan fingerprint density at radius 3 is 2.55 bits per heavy atom. The van der Waals surface area contributed by atoms with Crippen molar-refractivity contribution < 1.29 is 4.43 Å². The molecule has 0 saturated carbocycles. The van der Waals surface area contributed by atoms with E-state index >= 15 is 0 Å². The van der Waals surface area contributed by atoms with Gasteiger partial charge in [0.1, 0.15) is 0 Å². The molecule has 1 aromatic rings. The van der Waals surface area contributed by atoms with Gasteiger partial charge in [-0.1, -0.05) is 30.3 Å². The van der Waals surface area contributed by atoms with Crippen molar-refractivity contribution in [3.05, 3.63) is 30.3 Å². The Bertz CT molecular complexity index is 203. The van der Waals surface area contributed by atoms with Crippen LogP contribution in [0.4, 0.5) is 0 Å². The standard InChI is InChI=1S/C8H13NOSi/c1-2-10-11(9)8-6-4-3-5-7-8/h3-7,11H,2,9H2,1H3. The summed E-state index contributed by atoms with van der Waals surface area (Å²) >= 11 is 0. The fraction of sp³-hybridized carbons (Fsp3) is 0.250. The number of hydrogen-bond acceptors (Lipinski definition) is 2. The lowest BCUT2D eigenvalue weighted by molar-refractivity contribution is 0.351. The molecule has 1 unspecified atom stereocenters. The third kappa shape index (κ3) is 2.46. The molecule has 0 aliphatic carbocycles. The molecule has 0 bridgehead atoms. The molecule has 0 radical (unpaired) electrons. The molecule has 2 nitrogen and oxygen atoms in total. The highest BCUT2D eigenvalue weighted by Crippen LogP contribution is 1.85. The molecule has 0 aromatic heterocycles. The predicted octanol–water partition coefficient (Wildman–Crippen LogP) is 0.109. The molecular formula is C8H13NOSi. The Balaban J connectivity index is 2.61. The normalized spacial score (nSPS) is 12.9. The lowest BCUT2D eigenvalue weighted by atomic mass is 10.4. The fourth-order valence-electron chi connectivity index (χ4n) is 0.919. The molecule has 60 valence electrons. The molecule has 11 heavy (non-hydrogen) atoms. The summed E-state index contributed by atoms with van der Waals surface area (Å²) in [4.78, 5) is 0. The van der Waals surface area contributed by atoms with Crippen LogP contribution in [0, 0.1) is 0 Å². The number of nitrogens with two attached hydrogens (primary N) is 1. The minimum Gasteiger partial charge on any atom is -0.402 e. The van der Waals surface area contributed by atoms with Gasteiger partial charge in [0.2, 0.25) is 0 Å². The average Bonchev–Trinajstić information content (AvgIpc) is 2.07. The van der Waals surface area contributed by atoms with Gasteiger partial charge in [-0.3, -0.25) is 0 Å². The van der Waals surface area contributed by atoms with Crippen molar-refractivity contribution in [2.75, 3.05) is 6.61 Å². The van der Waals surface area contributed by atoms with E-state index < -0.39 is 9.20 Å². The van der Waals surface area contributed by atoms with Gasteiger partial charge in [0.25, 0.3) is 9.20 Å². The van der Waals surface area contributed by atoms with Crippen molar-refractivity contribution in [3.8, 4) is 0 Å². The Morgan fingerprint density at radius 2 is 2.00 bits per heavy atom. The quantitative estimate of drug-likeness (QED) is 0.649. The zero-order chi connectivity index (χ0) is 8.10. The van der Waals surface area contributed by atoms with E-state index in [-0.39, 0.29) is 0 Å². The second kappa shape index (κ2) is 4.28. The average molecular weight is 167 g/mol. The van der Waals surface area contributed by atoms with Gasteiger partial charge in [-0.25, -0.2) is 0 Å². The minimum atomic E-state index is -1.56. The van der Waals surface area contributed by atoms with E-state index in [9.17, 15) is 0 Å². The van der Waals surface area contributed by atoms with Crippen LogP contribution in [0.1, 0.15) is 6.92 Å². The first kappa shape index (κ1) is 8.45. The Hall–Kier alpha value is -0.643. The van der Waals surface area contributed by atoms with Gasteiger partial charge >= 0.3 is 0 Å². The van der Waals surface area contributed by atoms with Crippen LogP contribution in [-0.4, -0.2) is 15.8 Å². The molecule has 1 atom stereocenters. The van der Waals surface area contributed by atoms with Gasteiger partial charge < -0.3 is 9.83 Å². The largest absolute Gasteiger partial charge is 0.402 e. The van der Waals surface area contributed by atoms with Crippen LogP contribution in [0.2, 0.25) is 0 Å². The summed E-state index contributed by atoms with van der Waals surface area (Å²) in [6.45, 7) is 2.68. The maximum atomic E-state index is 5.82. The van der Waals surface area contributed by atoms with Crippen LogP contribution in [0.5, 0.6) is 0 Å². The minimum absolute atomic E-state index is 0.711.